The second kappa shape index (κ2) is 5.35. The third-order valence-corrected chi connectivity index (χ3v) is 2.87. The Morgan fingerprint density at radius 1 is 1.33 bits per heavy atom. The van der Waals surface area contributed by atoms with Crippen LogP contribution >= 0.6 is 12.2 Å². The number of esters is 1. The molecule has 1 heterocycles. The topological polar surface area (TPSA) is 44.8 Å². The quantitative estimate of drug-likeness (QED) is 0.620. The molecule has 0 unspecified atom stereocenters. The number of carbonyl (C=O) groups is 1. The SMILES string of the molecule is CC1(COC(=O)c2ccccc2)COC(=S)OC1. The van der Waals surface area contributed by atoms with Crippen LogP contribution in [0.4, 0.5) is 0 Å². The Labute approximate surface area is 111 Å². The van der Waals surface area contributed by atoms with Crippen LogP contribution in [0.15, 0.2) is 30.3 Å². The van der Waals surface area contributed by atoms with E-state index in [9.17, 15) is 4.79 Å². The van der Waals surface area contributed by atoms with E-state index in [1.807, 2.05) is 13.0 Å². The molecule has 18 heavy (non-hydrogen) atoms. The monoisotopic (exact) mass is 266 g/mol. The zero-order chi connectivity index (χ0) is 13.0. The lowest BCUT2D eigenvalue weighted by atomic mass is 9.94. The van der Waals surface area contributed by atoms with Gasteiger partial charge in [0, 0.05) is 12.2 Å². The van der Waals surface area contributed by atoms with Crippen LogP contribution in [0.1, 0.15) is 17.3 Å². The van der Waals surface area contributed by atoms with E-state index in [1.165, 1.54) is 0 Å². The molecule has 1 aliphatic rings. The van der Waals surface area contributed by atoms with E-state index < -0.39 is 0 Å². The van der Waals surface area contributed by atoms with Gasteiger partial charge in [-0.1, -0.05) is 18.2 Å². The van der Waals surface area contributed by atoms with E-state index >= 15 is 0 Å². The van der Waals surface area contributed by atoms with Crippen molar-refractivity contribution < 1.29 is 19.0 Å². The van der Waals surface area contributed by atoms with Crippen molar-refractivity contribution >= 4 is 23.4 Å². The first-order valence-corrected chi connectivity index (χ1v) is 6.02. The first kappa shape index (κ1) is 12.8. The minimum atomic E-state index is -0.354. The van der Waals surface area contributed by atoms with E-state index in [1.54, 1.807) is 24.3 Å². The van der Waals surface area contributed by atoms with Gasteiger partial charge in [0.15, 0.2) is 0 Å². The van der Waals surface area contributed by atoms with Crippen LogP contribution in [-0.4, -0.2) is 31.0 Å². The van der Waals surface area contributed by atoms with Crippen LogP contribution in [-0.2, 0) is 14.2 Å². The summed E-state index contributed by atoms with van der Waals surface area (Å²) in [5.74, 6) is -0.343. The van der Waals surface area contributed by atoms with Gasteiger partial charge in [-0.15, -0.1) is 0 Å². The zero-order valence-corrected chi connectivity index (χ0v) is 10.9. The maximum atomic E-state index is 11.8. The van der Waals surface area contributed by atoms with Gasteiger partial charge in [0.2, 0.25) is 0 Å². The summed E-state index contributed by atoms with van der Waals surface area (Å²) in [6.07, 6.45) is 0. The fourth-order valence-corrected chi connectivity index (χ4v) is 1.65. The molecule has 0 amide bonds. The van der Waals surface area contributed by atoms with E-state index in [4.69, 9.17) is 26.4 Å². The van der Waals surface area contributed by atoms with E-state index in [0.29, 0.717) is 18.8 Å². The average Bonchev–Trinajstić information content (AvgIpc) is 2.41. The van der Waals surface area contributed by atoms with Gasteiger partial charge in [-0.25, -0.2) is 4.79 Å². The van der Waals surface area contributed by atoms with Crippen molar-refractivity contribution in [2.24, 2.45) is 5.41 Å². The highest BCUT2D eigenvalue weighted by atomic mass is 32.1. The van der Waals surface area contributed by atoms with Crippen LogP contribution < -0.4 is 0 Å². The second-order valence-corrected chi connectivity index (χ2v) is 4.91. The zero-order valence-electron chi connectivity index (χ0n) is 10.0. The molecule has 2 rings (SSSR count). The maximum Gasteiger partial charge on any atom is 0.352 e. The van der Waals surface area contributed by atoms with E-state index in [-0.39, 0.29) is 23.2 Å². The minimum Gasteiger partial charge on any atom is -0.461 e. The summed E-state index contributed by atoms with van der Waals surface area (Å²) in [5.41, 5.74) is 0.182. The van der Waals surface area contributed by atoms with Crippen molar-refractivity contribution in [1.29, 1.82) is 0 Å². The number of hydrogen-bond donors (Lipinski definition) is 0. The van der Waals surface area contributed by atoms with Gasteiger partial charge in [-0.3, -0.25) is 0 Å². The molecule has 4 nitrogen and oxygen atoms in total. The summed E-state index contributed by atoms with van der Waals surface area (Å²) in [7, 11) is 0. The molecule has 1 fully saturated rings. The maximum absolute atomic E-state index is 11.8. The third kappa shape index (κ3) is 3.20. The molecule has 0 N–H and O–H groups in total. The van der Waals surface area contributed by atoms with Gasteiger partial charge < -0.3 is 14.2 Å². The molecule has 1 saturated heterocycles. The molecule has 0 aromatic heterocycles. The van der Waals surface area contributed by atoms with Crippen LogP contribution in [0.5, 0.6) is 0 Å². The third-order valence-electron chi connectivity index (χ3n) is 2.64. The lowest BCUT2D eigenvalue weighted by Gasteiger charge is -2.32. The Kier molecular flexibility index (Phi) is 3.81. The van der Waals surface area contributed by atoms with Gasteiger partial charge in [0.05, 0.1) is 11.0 Å². The van der Waals surface area contributed by atoms with Gasteiger partial charge >= 0.3 is 11.2 Å². The largest absolute Gasteiger partial charge is 0.461 e. The summed E-state index contributed by atoms with van der Waals surface area (Å²) in [5, 5.41) is 0.155. The molecule has 1 aromatic carbocycles. The number of thiocarbonyl (C=S) groups is 1. The molecule has 0 bridgehead atoms. The second-order valence-electron chi connectivity index (χ2n) is 4.58. The van der Waals surface area contributed by atoms with Crippen LogP contribution in [0, 0.1) is 5.41 Å². The Hall–Kier alpha value is -1.62. The number of ether oxygens (including phenoxy) is 3. The molecule has 96 valence electrons. The lowest BCUT2D eigenvalue weighted by molar-refractivity contribution is -0.0399. The van der Waals surface area contributed by atoms with E-state index in [2.05, 4.69) is 0 Å². The van der Waals surface area contributed by atoms with Gasteiger partial charge in [0.25, 0.3) is 0 Å². The average molecular weight is 266 g/mol. The summed E-state index contributed by atoms with van der Waals surface area (Å²) in [6, 6.07) is 8.87. The first-order valence-electron chi connectivity index (χ1n) is 5.61. The first-order chi connectivity index (χ1) is 8.59. The van der Waals surface area contributed by atoms with Gasteiger partial charge in [-0.2, -0.15) is 0 Å². The molecular weight excluding hydrogens is 252 g/mol. The van der Waals surface area contributed by atoms with Crippen molar-refractivity contribution in [1.82, 2.24) is 0 Å². The Morgan fingerprint density at radius 2 is 1.94 bits per heavy atom. The Bertz CT molecular complexity index is 434. The fourth-order valence-electron chi connectivity index (χ4n) is 1.53. The molecule has 1 aromatic rings. The molecule has 0 spiro atoms. The highest BCUT2D eigenvalue weighted by Crippen LogP contribution is 2.23. The molecule has 1 aliphatic heterocycles. The highest BCUT2D eigenvalue weighted by molar-refractivity contribution is 7.79. The summed E-state index contributed by atoms with van der Waals surface area (Å²) < 4.78 is 15.6. The van der Waals surface area contributed by atoms with Crippen molar-refractivity contribution in [3.63, 3.8) is 0 Å². The molecule has 0 radical (unpaired) electrons. The van der Waals surface area contributed by atoms with Crippen LogP contribution in [0.25, 0.3) is 0 Å². The van der Waals surface area contributed by atoms with Crippen molar-refractivity contribution in [3.05, 3.63) is 35.9 Å². The van der Waals surface area contributed by atoms with Crippen LogP contribution in [0.3, 0.4) is 0 Å². The van der Waals surface area contributed by atoms with Crippen LogP contribution in [0.2, 0.25) is 0 Å². The number of rotatable bonds is 3. The van der Waals surface area contributed by atoms with Gasteiger partial charge in [-0.05, 0) is 19.1 Å². The smallest absolute Gasteiger partial charge is 0.352 e. The number of hydrogen-bond acceptors (Lipinski definition) is 5. The predicted molar refractivity (Wildman–Crippen MR) is 69.3 cm³/mol. The number of carbonyl (C=O) groups excluding carboxylic acids is 1. The highest BCUT2D eigenvalue weighted by Gasteiger charge is 2.33. The van der Waals surface area contributed by atoms with E-state index in [0.717, 1.165) is 0 Å². The normalized spacial score (nSPS) is 17.5. The van der Waals surface area contributed by atoms with Crippen molar-refractivity contribution in [2.75, 3.05) is 19.8 Å². The summed E-state index contributed by atoms with van der Waals surface area (Å²) >= 11 is 4.77. The molecule has 5 heteroatoms. The Balaban J connectivity index is 1.88. The molecular formula is C13H14O4S. The lowest BCUT2D eigenvalue weighted by Crippen LogP contribution is -2.40. The van der Waals surface area contributed by atoms with Gasteiger partial charge in [0.1, 0.15) is 19.8 Å². The summed E-state index contributed by atoms with van der Waals surface area (Å²) in [6.45, 7) is 2.96. The number of benzene rings is 1. The molecule has 0 saturated carbocycles. The fraction of sp³-hybridized carbons (Fsp3) is 0.385. The Morgan fingerprint density at radius 3 is 2.56 bits per heavy atom. The minimum absolute atomic E-state index is 0.155. The van der Waals surface area contributed by atoms with Crippen molar-refractivity contribution in [3.8, 4) is 0 Å². The van der Waals surface area contributed by atoms with Crippen molar-refractivity contribution in [2.45, 2.75) is 6.92 Å². The standard InChI is InChI=1S/C13H14O4S/c1-13(8-16-12(18)17-9-13)7-15-11(14)10-5-3-2-4-6-10/h2-6H,7-9H2,1H3. The summed E-state index contributed by atoms with van der Waals surface area (Å²) in [4.78, 5) is 11.8. The predicted octanol–water partition coefficient (Wildman–Crippen LogP) is 2.18. The molecule has 0 atom stereocenters. The molecule has 0 aliphatic carbocycles.